The number of hydrogen-bond donors (Lipinski definition) is 1. The molecule has 0 saturated carbocycles. The topological polar surface area (TPSA) is 89.9 Å². The summed E-state index contributed by atoms with van der Waals surface area (Å²) in [7, 11) is 0. The van der Waals surface area contributed by atoms with Gasteiger partial charge in [-0.3, -0.25) is 14.4 Å². The van der Waals surface area contributed by atoms with E-state index in [9.17, 15) is 19.5 Å². The molecule has 0 aliphatic rings. The molecule has 0 heterocycles. The van der Waals surface area contributed by atoms with Crippen molar-refractivity contribution in [1.29, 1.82) is 0 Å². The molecule has 0 fully saturated rings. The zero-order valence-electron chi connectivity index (χ0n) is 13.0. The Hall–Kier alpha value is -2.21. The van der Waals surface area contributed by atoms with Crippen LogP contribution in [0.2, 0.25) is 0 Å². The number of esters is 1. The van der Waals surface area contributed by atoms with Crippen molar-refractivity contribution >= 4 is 17.5 Å². The average Bonchev–Trinajstić information content (AvgIpc) is 2.42. The van der Waals surface area contributed by atoms with Gasteiger partial charge < -0.3 is 14.6 Å². The molecule has 0 amide bonds. The molecule has 0 radical (unpaired) electrons. The van der Waals surface area contributed by atoms with Gasteiger partial charge in [-0.2, -0.15) is 0 Å². The average molecular weight is 308 g/mol. The van der Waals surface area contributed by atoms with E-state index in [-0.39, 0.29) is 37.8 Å². The molecule has 6 heteroatoms. The van der Waals surface area contributed by atoms with Gasteiger partial charge in [-0.05, 0) is 37.1 Å². The van der Waals surface area contributed by atoms with E-state index in [1.165, 1.54) is 20.8 Å². The van der Waals surface area contributed by atoms with Crippen LogP contribution in [-0.4, -0.2) is 29.2 Å². The second-order valence-electron chi connectivity index (χ2n) is 5.04. The van der Waals surface area contributed by atoms with Crippen LogP contribution in [0.25, 0.3) is 0 Å². The second kappa shape index (κ2) is 8.29. The van der Waals surface area contributed by atoms with E-state index in [1.807, 2.05) is 0 Å². The highest BCUT2D eigenvalue weighted by Crippen LogP contribution is 2.26. The molecule has 0 saturated heterocycles. The van der Waals surface area contributed by atoms with Gasteiger partial charge >= 0.3 is 5.97 Å². The van der Waals surface area contributed by atoms with Crippen LogP contribution < -0.4 is 4.74 Å². The monoisotopic (exact) mass is 308 g/mol. The molecule has 0 aromatic heterocycles. The summed E-state index contributed by atoms with van der Waals surface area (Å²) in [5.41, 5.74) is 1.72. The summed E-state index contributed by atoms with van der Waals surface area (Å²) >= 11 is 0. The number of hydrogen-bond acceptors (Lipinski definition) is 6. The number of aliphatic hydroxyl groups is 1. The predicted molar refractivity (Wildman–Crippen MR) is 78.4 cm³/mol. The largest absolute Gasteiger partial charge is 0.485 e. The van der Waals surface area contributed by atoms with Crippen LogP contribution in [0.15, 0.2) is 12.1 Å². The van der Waals surface area contributed by atoms with E-state index < -0.39 is 5.97 Å². The van der Waals surface area contributed by atoms with Gasteiger partial charge in [0.1, 0.15) is 24.7 Å². The molecule has 6 nitrogen and oxygen atoms in total. The zero-order chi connectivity index (χ0) is 16.7. The Morgan fingerprint density at radius 3 is 2.18 bits per heavy atom. The van der Waals surface area contributed by atoms with Crippen molar-refractivity contribution in [2.24, 2.45) is 0 Å². The number of carbonyl (C=O) groups excluding carboxylic acids is 3. The highest BCUT2D eigenvalue weighted by atomic mass is 16.5. The van der Waals surface area contributed by atoms with Gasteiger partial charge in [-0.15, -0.1) is 0 Å². The SMILES string of the molecule is CC(=O)COc1cc(CC(C)=O)c(CO)cc1COC(C)=O. The number of ketones is 2. The number of carbonyl (C=O) groups is 3. The van der Waals surface area contributed by atoms with Crippen LogP contribution in [0.4, 0.5) is 0 Å². The fourth-order valence-corrected chi connectivity index (χ4v) is 1.90. The molecule has 1 rings (SSSR count). The molecule has 120 valence electrons. The summed E-state index contributed by atoms with van der Waals surface area (Å²) in [6, 6.07) is 3.23. The van der Waals surface area contributed by atoms with Crippen molar-refractivity contribution in [2.75, 3.05) is 6.61 Å². The Labute approximate surface area is 129 Å². The molecule has 0 atom stereocenters. The van der Waals surface area contributed by atoms with Crippen molar-refractivity contribution < 1.29 is 29.0 Å². The van der Waals surface area contributed by atoms with Gasteiger partial charge in [-0.1, -0.05) is 0 Å². The molecular weight excluding hydrogens is 288 g/mol. The van der Waals surface area contributed by atoms with Gasteiger partial charge in [0.25, 0.3) is 0 Å². The van der Waals surface area contributed by atoms with Crippen molar-refractivity contribution in [1.82, 2.24) is 0 Å². The first kappa shape index (κ1) is 17.8. The van der Waals surface area contributed by atoms with Gasteiger partial charge in [0.15, 0.2) is 5.78 Å². The molecular formula is C16H20O6. The number of ether oxygens (including phenoxy) is 2. The summed E-state index contributed by atoms with van der Waals surface area (Å²) in [5, 5.41) is 9.43. The van der Waals surface area contributed by atoms with Crippen molar-refractivity contribution in [3.63, 3.8) is 0 Å². The van der Waals surface area contributed by atoms with Crippen LogP contribution in [0.1, 0.15) is 37.5 Å². The standard InChI is InChI=1S/C16H20O6/c1-10(18)4-13-6-16(22-8-11(2)19)15(5-14(13)7-17)9-21-12(3)20/h5-6,17H,4,7-9H2,1-3H3. The maximum absolute atomic E-state index is 11.3. The normalized spacial score (nSPS) is 10.2. The molecule has 0 unspecified atom stereocenters. The summed E-state index contributed by atoms with van der Waals surface area (Å²) in [4.78, 5) is 33.3. The van der Waals surface area contributed by atoms with Crippen molar-refractivity contribution in [2.45, 2.75) is 40.4 Å². The molecule has 22 heavy (non-hydrogen) atoms. The number of rotatable bonds is 8. The lowest BCUT2D eigenvalue weighted by Crippen LogP contribution is -2.11. The minimum Gasteiger partial charge on any atom is -0.485 e. The lowest BCUT2D eigenvalue weighted by Gasteiger charge is -2.15. The lowest BCUT2D eigenvalue weighted by atomic mass is 9.99. The summed E-state index contributed by atoms with van der Waals surface area (Å²) < 4.78 is 10.4. The first-order valence-corrected chi connectivity index (χ1v) is 6.84. The molecule has 0 bridgehead atoms. The van der Waals surface area contributed by atoms with E-state index in [0.29, 0.717) is 22.4 Å². The molecule has 1 N–H and O–H groups in total. The highest BCUT2D eigenvalue weighted by molar-refractivity contribution is 5.79. The minimum absolute atomic E-state index is 0.0318. The van der Waals surface area contributed by atoms with Gasteiger partial charge in [0, 0.05) is 18.9 Å². The van der Waals surface area contributed by atoms with Gasteiger partial charge in [0.05, 0.1) is 6.61 Å². The number of aliphatic hydroxyl groups excluding tert-OH is 1. The van der Waals surface area contributed by atoms with E-state index in [2.05, 4.69) is 0 Å². The molecule has 0 aliphatic carbocycles. The van der Waals surface area contributed by atoms with Crippen LogP contribution >= 0.6 is 0 Å². The predicted octanol–water partition coefficient (Wildman–Crippen LogP) is 1.34. The fourth-order valence-electron chi connectivity index (χ4n) is 1.90. The Morgan fingerprint density at radius 1 is 1.00 bits per heavy atom. The smallest absolute Gasteiger partial charge is 0.302 e. The third-order valence-electron chi connectivity index (χ3n) is 2.85. The van der Waals surface area contributed by atoms with Crippen molar-refractivity contribution in [3.05, 3.63) is 28.8 Å². The lowest BCUT2D eigenvalue weighted by molar-refractivity contribution is -0.142. The molecule has 1 aromatic carbocycles. The molecule has 0 aliphatic heterocycles. The first-order chi connectivity index (χ1) is 10.3. The highest BCUT2D eigenvalue weighted by Gasteiger charge is 2.14. The Kier molecular flexibility index (Phi) is 6.72. The number of benzene rings is 1. The van der Waals surface area contributed by atoms with Crippen LogP contribution in [0.3, 0.4) is 0 Å². The van der Waals surface area contributed by atoms with Crippen LogP contribution in [0, 0.1) is 0 Å². The zero-order valence-corrected chi connectivity index (χ0v) is 13.0. The van der Waals surface area contributed by atoms with E-state index in [0.717, 1.165) is 0 Å². The van der Waals surface area contributed by atoms with Gasteiger partial charge in [0.2, 0.25) is 0 Å². The summed E-state index contributed by atoms with van der Waals surface area (Å²) in [6.45, 7) is 3.73. The van der Waals surface area contributed by atoms with E-state index >= 15 is 0 Å². The van der Waals surface area contributed by atoms with E-state index in [4.69, 9.17) is 9.47 Å². The van der Waals surface area contributed by atoms with Crippen LogP contribution in [0.5, 0.6) is 5.75 Å². The summed E-state index contributed by atoms with van der Waals surface area (Å²) in [6.07, 6.45) is 0.153. The van der Waals surface area contributed by atoms with E-state index in [1.54, 1.807) is 12.1 Å². The van der Waals surface area contributed by atoms with Crippen LogP contribution in [-0.2, 0) is 38.8 Å². The minimum atomic E-state index is -0.448. The fraction of sp³-hybridized carbons (Fsp3) is 0.438. The Balaban J connectivity index is 3.16. The maximum Gasteiger partial charge on any atom is 0.302 e. The first-order valence-electron chi connectivity index (χ1n) is 6.84. The molecule has 0 spiro atoms. The number of Topliss-reactive ketones (excluding diaryl/α,β-unsaturated/α-hetero) is 2. The molecule has 1 aromatic rings. The Bertz CT molecular complexity index is 576. The Morgan fingerprint density at radius 2 is 1.68 bits per heavy atom. The second-order valence-corrected chi connectivity index (χ2v) is 5.04. The van der Waals surface area contributed by atoms with Crippen molar-refractivity contribution in [3.8, 4) is 5.75 Å². The quantitative estimate of drug-likeness (QED) is 0.729. The van der Waals surface area contributed by atoms with Gasteiger partial charge in [-0.25, -0.2) is 0 Å². The maximum atomic E-state index is 11.3. The summed E-state index contributed by atoms with van der Waals surface area (Å²) in [5.74, 6) is -0.293. The third-order valence-corrected chi connectivity index (χ3v) is 2.85. The third kappa shape index (κ3) is 5.65.